The van der Waals surface area contributed by atoms with Crippen LogP contribution in [0.1, 0.15) is 9.67 Å². The molecular weight excluding hydrogens is 439 g/mol. The molecule has 33 heavy (non-hydrogen) atoms. The summed E-state index contributed by atoms with van der Waals surface area (Å²) < 4.78 is 15.1. The van der Waals surface area contributed by atoms with Crippen molar-refractivity contribution in [1.29, 1.82) is 0 Å². The molecule has 0 bridgehead atoms. The van der Waals surface area contributed by atoms with Gasteiger partial charge in [-0.15, -0.1) is 17.9 Å². The van der Waals surface area contributed by atoms with E-state index in [0.717, 1.165) is 5.56 Å². The Bertz CT molecular complexity index is 1250. The number of halogens is 1. The molecule has 0 atom stereocenters. The van der Waals surface area contributed by atoms with Gasteiger partial charge in [-0.25, -0.2) is 9.37 Å². The third kappa shape index (κ3) is 5.24. The second-order valence-corrected chi connectivity index (χ2v) is 8.11. The van der Waals surface area contributed by atoms with E-state index >= 15 is 0 Å². The molecule has 0 aliphatic heterocycles. The lowest BCUT2D eigenvalue weighted by Crippen LogP contribution is -2.38. The maximum atomic E-state index is 13.5. The Morgan fingerprint density at radius 2 is 1.85 bits per heavy atom. The number of nitrogens with zero attached hydrogens (tertiary/aromatic N) is 3. The van der Waals surface area contributed by atoms with Gasteiger partial charge in [0.15, 0.2) is 0 Å². The van der Waals surface area contributed by atoms with Crippen LogP contribution in [0.15, 0.2) is 91.0 Å². The molecule has 4 aromatic rings. The summed E-state index contributed by atoms with van der Waals surface area (Å²) in [5.41, 5.74) is 2.15. The predicted molar refractivity (Wildman–Crippen MR) is 128 cm³/mol. The van der Waals surface area contributed by atoms with Crippen LogP contribution in [0, 0.1) is 5.82 Å². The van der Waals surface area contributed by atoms with E-state index < -0.39 is 5.91 Å². The van der Waals surface area contributed by atoms with E-state index in [1.165, 1.54) is 28.4 Å². The van der Waals surface area contributed by atoms with Gasteiger partial charge in [0.25, 0.3) is 5.91 Å². The molecule has 2 aromatic heterocycles. The number of nitrogens with one attached hydrogen (secondary N) is 1. The number of benzene rings is 2. The molecule has 2 heterocycles. The molecule has 0 fully saturated rings. The lowest BCUT2D eigenvalue weighted by Gasteiger charge is -2.20. The molecule has 8 heteroatoms. The number of imidazole rings is 1. The van der Waals surface area contributed by atoms with Gasteiger partial charge < -0.3 is 4.90 Å². The summed E-state index contributed by atoms with van der Waals surface area (Å²) in [5.74, 6) is -0.741. The highest BCUT2D eigenvalue weighted by Crippen LogP contribution is 2.24. The summed E-state index contributed by atoms with van der Waals surface area (Å²) in [6.45, 7) is 3.75. The first-order valence-electron chi connectivity index (χ1n) is 10.2. The molecule has 0 spiro atoms. The van der Waals surface area contributed by atoms with Crippen molar-refractivity contribution in [3.8, 4) is 16.9 Å². The lowest BCUT2D eigenvalue weighted by atomic mass is 10.2. The number of hydrogen-bond donors (Lipinski definition) is 1. The van der Waals surface area contributed by atoms with E-state index in [1.54, 1.807) is 41.1 Å². The van der Waals surface area contributed by atoms with E-state index in [-0.39, 0.29) is 30.8 Å². The summed E-state index contributed by atoms with van der Waals surface area (Å²) in [7, 11) is 0. The standard InChI is InChI=1S/C25H21FN4O2S/c1-2-14-29(24(32)22-9-6-15-33-22)17-23(31)28-25-27-21(18-7-4-3-5-8-18)16-30(25)20-12-10-19(26)11-13-20/h2-13,15-16H,1,14,17H2,(H,27,28,31). The Kier molecular flexibility index (Phi) is 6.75. The Labute approximate surface area is 194 Å². The van der Waals surface area contributed by atoms with Crippen molar-refractivity contribution >= 4 is 29.1 Å². The molecule has 0 saturated carbocycles. The van der Waals surface area contributed by atoms with Gasteiger partial charge in [0.1, 0.15) is 12.4 Å². The Morgan fingerprint density at radius 1 is 1.09 bits per heavy atom. The average molecular weight is 461 g/mol. The number of thiophene rings is 1. The van der Waals surface area contributed by atoms with Gasteiger partial charge in [-0.05, 0) is 35.7 Å². The normalized spacial score (nSPS) is 10.6. The highest BCUT2D eigenvalue weighted by molar-refractivity contribution is 7.12. The maximum Gasteiger partial charge on any atom is 0.264 e. The third-order valence-electron chi connectivity index (χ3n) is 4.83. The van der Waals surface area contributed by atoms with E-state index in [2.05, 4.69) is 16.9 Å². The first kappa shape index (κ1) is 22.2. The largest absolute Gasteiger partial charge is 0.325 e. The van der Waals surface area contributed by atoms with Crippen molar-refractivity contribution in [2.45, 2.75) is 0 Å². The minimum Gasteiger partial charge on any atom is -0.325 e. The zero-order valence-corrected chi connectivity index (χ0v) is 18.5. The average Bonchev–Trinajstić information content (AvgIpc) is 3.50. The summed E-state index contributed by atoms with van der Waals surface area (Å²) in [6, 6.07) is 18.9. The molecule has 166 valence electrons. The van der Waals surface area contributed by atoms with Crippen LogP contribution in [-0.4, -0.2) is 39.4 Å². The van der Waals surface area contributed by atoms with Crippen LogP contribution in [0.3, 0.4) is 0 Å². The SMILES string of the molecule is C=CCN(CC(=O)Nc1nc(-c2ccccc2)cn1-c1ccc(F)cc1)C(=O)c1cccs1. The van der Waals surface area contributed by atoms with Crippen molar-refractivity contribution in [2.75, 3.05) is 18.4 Å². The fraction of sp³-hybridized carbons (Fsp3) is 0.0800. The van der Waals surface area contributed by atoms with Crippen LogP contribution >= 0.6 is 11.3 Å². The topological polar surface area (TPSA) is 67.2 Å². The van der Waals surface area contributed by atoms with E-state index in [0.29, 0.717) is 16.3 Å². The molecule has 0 radical (unpaired) electrons. The highest BCUT2D eigenvalue weighted by atomic mass is 32.1. The monoisotopic (exact) mass is 460 g/mol. The first-order valence-corrected chi connectivity index (χ1v) is 11.1. The van der Waals surface area contributed by atoms with Gasteiger partial charge in [0, 0.05) is 24.0 Å². The zero-order chi connectivity index (χ0) is 23.2. The molecule has 6 nitrogen and oxygen atoms in total. The molecule has 2 aromatic carbocycles. The van der Waals surface area contributed by atoms with Crippen LogP contribution in [0.2, 0.25) is 0 Å². The predicted octanol–water partition coefficient (Wildman–Crippen LogP) is 5.01. The minimum absolute atomic E-state index is 0.167. The van der Waals surface area contributed by atoms with Gasteiger partial charge in [-0.1, -0.05) is 42.5 Å². The van der Waals surface area contributed by atoms with Crippen molar-refractivity contribution in [3.63, 3.8) is 0 Å². The van der Waals surface area contributed by atoms with Crippen molar-refractivity contribution in [1.82, 2.24) is 14.5 Å². The molecule has 4 rings (SSSR count). The summed E-state index contributed by atoms with van der Waals surface area (Å²) in [4.78, 5) is 32.2. The first-order chi connectivity index (χ1) is 16.0. The maximum absolute atomic E-state index is 13.5. The molecule has 0 aliphatic rings. The summed E-state index contributed by atoms with van der Waals surface area (Å²) in [5, 5.41) is 4.61. The van der Waals surface area contributed by atoms with Gasteiger partial charge in [0.05, 0.1) is 10.6 Å². The van der Waals surface area contributed by atoms with Crippen LogP contribution in [-0.2, 0) is 4.79 Å². The lowest BCUT2D eigenvalue weighted by molar-refractivity contribution is -0.116. The van der Waals surface area contributed by atoms with Crippen LogP contribution in [0.25, 0.3) is 16.9 Å². The van der Waals surface area contributed by atoms with Gasteiger partial charge in [-0.3, -0.25) is 19.5 Å². The molecule has 1 N–H and O–H groups in total. The highest BCUT2D eigenvalue weighted by Gasteiger charge is 2.20. The number of aromatic nitrogens is 2. The van der Waals surface area contributed by atoms with Crippen LogP contribution < -0.4 is 5.32 Å². The second kappa shape index (κ2) is 10.1. The summed E-state index contributed by atoms with van der Waals surface area (Å²) >= 11 is 1.31. The number of carbonyl (C=O) groups excluding carboxylic acids is 2. The fourth-order valence-corrected chi connectivity index (χ4v) is 3.97. The number of hydrogen-bond acceptors (Lipinski definition) is 4. The van der Waals surface area contributed by atoms with Crippen molar-refractivity contribution in [3.05, 3.63) is 102 Å². The molecular formula is C25H21FN4O2S. The molecule has 0 unspecified atom stereocenters. The molecule has 2 amide bonds. The van der Waals surface area contributed by atoms with E-state index in [1.807, 2.05) is 35.7 Å². The number of amides is 2. The Balaban J connectivity index is 1.61. The van der Waals surface area contributed by atoms with Gasteiger partial charge in [0.2, 0.25) is 11.9 Å². The van der Waals surface area contributed by atoms with Crippen LogP contribution in [0.5, 0.6) is 0 Å². The number of rotatable bonds is 8. The third-order valence-corrected chi connectivity index (χ3v) is 5.69. The number of anilines is 1. The zero-order valence-electron chi connectivity index (χ0n) is 17.6. The minimum atomic E-state index is -0.407. The quantitative estimate of drug-likeness (QED) is 0.376. The van der Waals surface area contributed by atoms with Gasteiger partial charge >= 0.3 is 0 Å². The Hall–Kier alpha value is -4.04. The van der Waals surface area contributed by atoms with Gasteiger partial charge in [-0.2, -0.15) is 0 Å². The van der Waals surface area contributed by atoms with Crippen molar-refractivity contribution < 1.29 is 14.0 Å². The molecule has 0 saturated heterocycles. The van der Waals surface area contributed by atoms with Crippen LogP contribution in [0.4, 0.5) is 10.3 Å². The van der Waals surface area contributed by atoms with Crippen molar-refractivity contribution in [2.24, 2.45) is 0 Å². The second-order valence-electron chi connectivity index (χ2n) is 7.16. The Morgan fingerprint density at radius 3 is 2.52 bits per heavy atom. The van der Waals surface area contributed by atoms with E-state index in [9.17, 15) is 14.0 Å². The van der Waals surface area contributed by atoms with E-state index in [4.69, 9.17) is 0 Å². The smallest absolute Gasteiger partial charge is 0.264 e. The fourth-order valence-electron chi connectivity index (χ4n) is 3.28. The summed E-state index contributed by atoms with van der Waals surface area (Å²) in [6.07, 6.45) is 3.35. The molecule has 0 aliphatic carbocycles. The number of carbonyl (C=O) groups is 2.